The number of pyridine rings is 1. The van der Waals surface area contributed by atoms with Crippen molar-refractivity contribution in [2.45, 2.75) is 18.6 Å². The van der Waals surface area contributed by atoms with Crippen molar-refractivity contribution in [3.63, 3.8) is 0 Å². The van der Waals surface area contributed by atoms with Crippen LogP contribution in [0.5, 0.6) is 0 Å². The molecule has 0 unspecified atom stereocenters. The van der Waals surface area contributed by atoms with Crippen molar-refractivity contribution in [1.82, 2.24) is 20.0 Å². The van der Waals surface area contributed by atoms with E-state index in [1.807, 2.05) is 25.1 Å². The summed E-state index contributed by atoms with van der Waals surface area (Å²) in [5, 5.41) is 4.96. The van der Waals surface area contributed by atoms with Crippen LogP contribution in [0.25, 0.3) is 10.9 Å². The molecule has 0 fully saturated rings. The highest BCUT2D eigenvalue weighted by Crippen LogP contribution is 2.17. The SMILES string of the molecule is CCn1c(SCC(=O)N/N=C/c2ccccn2)nc2ccccc2c1=O. The molecule has 0 radical (unpaired) electrons. The van der Waals surface area contributed by atoms with Crippen LogP contribution < -0.4 is 11.0 Å². The molecule has 0 aliphatic heterocycles. The highest BCUT2D eigenvalue weighted by Gasteiger charge is 2.11. The molecule has 1 amide bonds. The maximum atomic E-state index is 12.5. The van der Waals surface area contributed by atoms with Gasteiger partial charge in [0.05, 0.1) is 28.6 Å². The Morgan fingerprint density at radius 1 is 1.27 bits per heavy atom. The van der Waals surface area contributed by atoms with Crippen LogP contribution in [0.1, 0.15) is 12.6 Å². The first kappa shape index (κ1) is 17.8. The third-order valence-corrected chi connectivity index (χ3v) is 4.53. The number of hydrogen-bond donors (Lipinski definition) is 1. The van der Waals surface area contributed by atoms with Gasteiger partial charge in [0.15, 0.2) is 5.16 Å². The first-order chi connectivity index (χ1) is 12.7. The van der Waals surface area contributed by atoms with Gasteiger partial charge in [-0.25, -0.2) is 10.4 Å². The Bertz CT molecular complexity index is 1000. The number of rotatable bonds is 6. The Morgan fingerprint density at radius 3 is 2.85 bits per heavy atom. The molecule has 1 N–H and O–H groups in total. The number of hydrogen-bond acceptors (Lipinski definition) is 6. The minimum absolute atomic E-state index is 0.102. The number of carbonyl (C=O) groups is 1. The minimum atomic E-state index is -0.285. The van der Waals surface area contributed by atoms with E-state index in [1.54, 1.807) is 35.0 Å². The summed E-state index contributed by atoms with van der Waals surface area (Å²) in [6.45, 7) is 2.36. The molecule has 7 nitrogen and oxygen atoms in total. The second-order valence-corrected chi connectivity index (χ2v) is 6.24. The molecule has 3 rings (SSSR count). The van der Waals surface area contributed by atoms with E-state index >= 15 is 0 Å². The van der Waals surface area contributed by atoms with E-state index in [0.29, 0.717) is 28.3 Å². The summed E-state index contributed by atoms with van der Waals surface area (Å²) in [5.74, 6) is -0.183. The van der Waals surface area contributed by atoms with Crippen LogP contribution in [0.15, 0.2) is 63.7 Å². The second kappa shape index (κ2) is 8.39. The molecule has 0 aliphatic rings. The molecule has 26 heavy (non-hydrogen) atoms. The summed E-state index contributed by atoms with van der Waals surface area (Å²) in [6.07, 6.45) is 3.12. The molecule has 2 aromatic heterocycles. The fraction of sp³-hybridized carbons (Fsp3) is 0.167. The molecule has 0 atom stereocenters. The van der Waals surface area contributed by atoms with Crippen LogP contribution in [0.4, 0.5) is 0 Å². The smallest absolute Gasteiger partial charge is 0.262 e. The average Bonchev–Trinajstić information content (AvgIpc) is 2.67. The standard InChI is InChI=1S/C18H17N5O2S/c1-2-23-17(25)14-8-3-4-9-15(14)21-18(23)26-12-16(24)22-20-11-13-7-5-6-10-19-13/h3-11H,2,12H2,1H3,(H,22,24)/b20-11+. The molecular formula is C18H17N5O2S. The van der Waals surface area contributed by atoms with Crippen molar-refractivity contribution >= 4 is 34.8 Å². The molecule has 132 valence electrons. The number of thioether (sulfide) groups is 1. The monoisotopic (exact) mass is 367 g/mol. The van der Waals surface area contributed by atoms with Gasteiger partial charge < -0.3 is 0 Å². The quantitative estimate of drug-likeness (QED) is 0.312. The van der Waals surface area contributed by atoms with Crippen LogP contribution in [-0.2, 0) is 11.3 Å². The molecule has 0 bridgehead atoms. The number of aromatic nitrogens is 3. The number of fused-ring (bicyclic) bond motifs is 1. The number of amides is 1. The van der Waals surface area contributed by atoms with Crippen LogP contribution >= 0.6 is 11.8 Å². The van der Waals surface area contributed by atoms with Gasteiger partial charge in [-0.1, -0.05) is 30.0 Å². The van der Waals surface area contributed by atoms with Gasteiger partial charge in [-0.2, -0.15) is 5.10 Å². The molecule has 0 aliphatic carbocycles. The summed E-state index contributed by atoms with van der Waals surface area (Å²) in [7, 11) is 0. The first-order valence-electron chi connectivity index (χ1n) is 8.04. The largest absolute Gasteiger partial charge is 0.287 e. The topological polar surface area (TPSA) is 89.2 Å². The summed E-state index contributed by atoms with van der Waals surface area (Å²) < 4.78 is 1.57. The van der Waals surface area contributed by atoms with Crippen LogP contribution in [0.3, 0.4) is 0 Å². The molecule has 1 aromatic carbocycles. The number of nitrogens with one attached hydrogen (secondary N) is 1. The van der Waals surface area contributed by atoms with Gasteiger partial charge in [-0.05, 0) is 31.2 Å². The van der Waals surface area contributed by atoms with Crippen LogP contribution in [0.2, 0.25) is 0 Å². The first-order valence-corrected chi connectivity index (χ1v) is 9.03. The van der Waals surface area contributed by atoms with Gasteiger partial charge in [0.25, 0.3) is 11.5 Å². The van der Waals surface area contributed by atoms with Gasteiger partial charge in [-0.3, -0.25) is 19.1 Å². The zero-order valence-electron chi connectivity index (χ0n) is 14.1. The molecular weight excluding hydrogens is 350 g/mol. The predicted molar refractivity (Wildman–Crippen MR) is 102 cm³/mol. The number of hydrazone groups is 1. The fourth-order valence-electron chi connectivity index (χ4n) is 2.32. The highest BCUT2D eigenvalue weighted by atomic mass is 32.2. The van der Waals surface area contributed by atoms with Gasteiger partial charge >= 0.3 is 0 Å². The van der Waals surface area contributed by atoms with Crippen LogP contribution in [0, 0.1) is 0 Å². The maximum absolute atomic E-state index is 12.5. The van der Waals surface area contributed by atoms with Crippen molar-refractivity contribution in [3.05, 3.63) is 64.7 Å². The Kier molecular flexibility index (Phi) is 5.75. The minimum Gasteiger partial charge on any atom is -0.287 e. The van der Waals surface area contributed by atoms with Gasteiger partial charge in [-0.15, -0.1) is 0 Å². The van der Waals surface area contributed by atoms with Crippen molar-refractivity contribution in [2.24, 2.45) is 5.10 Å². The third kappa shape index (κ3) is 4.15. The Balaban J connectivity index is 1.68. The molecule has 0 saturated carbocycles. The number of carbonyl (C=O) groups excluding carboxylic acids is 1. The Hall–Kier alpha value is -3.00. The van der Waals surface area contributed by atoms with Crippen molar-refractivity contribution < 1.29 is 4.79 Å². The van der Waals surface area contributed by atoms with E-state index in [2.05, 4.69) is 20.5 Å². The molecule has 0 saturated heterocycles. The number of benzene rings is 1. The predicted octanol–water partition coefficient (Wildman–Crippen LogP) is 2.05. The summed E-state index contributed by atoms with van der Waals surface area (Å²) in [5.41, 5.74) is 3.62. The lowest BCUT2D eigenvalue weighted by Gasteiger charge is -2.10. The second-order valence-electron chi connectivity index (χ2n) is 5.30. The van der Waals surface area contributed by atoms with Gasteiger partial charge in [0.2, 0.25) is 0 Å². The van der Waals surface area contributed by atoms with Crippen molar-refractivity contribution in [1.29, 1.82) is 0 Å². The fourth-order valence-corrected chi connectivity index (χ4v) is 3.18. The Morgan fingerprint density at radius 2 is 2.08 bits per heavy atom. The Labute approximate surface area is 154 Å². The molecule has 3 aromatic rings. The van der Waals surface area contributed by atoms with Crippen LogP contribution in [-0.4, -0.2) is 32.4 Å². The highest BCUT2D eigenvalue weighted by molar-refractivity contribution is 7.99. The van der Waals surface area contributed by atoms with Gasteiger partial charge in [0.1, 0.15) is 0 Å². The van der Waals surface area contributed by atoms with Crippen molar-refractivity contribution in [2.75, 3.05) is 5.75 Å². The third-order valence-electron chi connectivity index (χ3n) is 3.55. The summed E-state index contributed by atoms with van der Waals surface area (Å²) >= 11 is 1.21. The zero-order valence-corrected chi connectivity index (χ0v) is 14.9. The lowest BCUT2D eigenvalue weighted by molar-refractivity contribution is -0.118. The van der Waals surface area contributed by atoms with E-state index in [4.69, 9.17) is 0 Å². The number of nitrogens with zero attached hydrogens (tertiary/aromatic N) is 4. The van der Waals surface area contributed by atoms with E-state index in [-0.39, 0.29) is 17.2 Å². The zero-order chi connectivity index (χ0) is 18.4. The molecule has 0 spiro atoms. The van der Waals surface area contributed by atoms with E-state index in [9.17, 15) is 9.59 Å². The lowest BCUT2D eigenvalue weighted by atomic mass is 10.2. The average molecular weight is 367 g/mol. The van der Waals surface area contributed by atoms with E-state index < -0.39 is 0 Å². The van der Waals surface area contributed by atoms with E-state index in [0.717, 1.165) is 0 Å². The lowest BCUT2D eigenvalue weighted by Crippen LogP contribution is -2.24. The van der Waals surface area contributed by atoms with Crippen molar-refractivity contribution in [3.8, 4) is 0 Å². The molecule has 8 heteroatoms. The van der Waals surface area contributed by atoms with Gasteiger partial charge in [0, 0.05) is 12.7 Å². The normalized spacial score (nSPS) is 11.1. The molecule has 2 heterocycles. The maximum Gasteiger partial charge on any atom is 0.262 e. The van der Waals surface area contributed by atoms with E-state index in [1.165, 1.54) is 18.0 Å². The summed E-state index contributed by atoms with van der Waals surface area (Å²) in [6, 6.07) is 12.6. The summed E-state index contributed by atoms with van der Waals surface area (Å²) in [4.78, 5) is 33.1. The number of para-hydroxylation sites is 1.